The molecule has 2 aliphatic heterocycles. The van der Waals surface area contributed by atoms with Crippen LogP contribution in [-0.2, 0) is 0 Å². The Labute approximate surface area is 158 Å². The summed E-state index contributed by atoms with van der Waals surface area (Å²) in [6.07, 6.45) is 5.81. The van der Waals surface area contributed by atoms with E-state index < -0.39 is 0 Å². The Morgan fingerprint density at radius 3 is 2.54 bits per heavy atom. The number of likely N-dealkylation sites (tertiary alicyclic amines) is 1. The van der Waals surface area contributed by atoms with Crippen LogP contribution in [0.5, 0.6) is 0 Å². The summed E-state index contributed by atoms with van der Waals surface area (Å²) in [7, 11) is 1.90. The van der Waals surface area contributed by atoms with Crippen LogP contribution in [0.25, 0.3) is 0 Å². The second-order valence-corrected chi connectivity index (χ2v) is 7.30. The molecule has 0 radical (unpaired) electrons. The number of guanidine groups is 1. The van der Waals surface area contributed by atoms with E-state index in [4.69, 9.17) is 0 Å². The van der Waals surface area contributed by atoms with Crippen molar-refractivity contribution in [3.63, 3.8) is 0 Å². The van der Waals surface area contributed by atoms with Gasteiger partial charge in [-0.2, -0.15) is 0 Å². The number of hydrogen-bond acceptors (Lipinski definition) is 4. The Morgan fingerprint density at radius 1 is 1.15 bits per heavy atom. The highest BCUT2D eigenvalue weighted by molar-refractivity contribution is 5.80. The summed E-state index contributed by atoms with van der Waals surface area (Å²) in [4.78, 5) is 16.3. The Kier molecular flexibility index (Phi) is 7.12. The number of nitrogens with one attached hydrogen (secondary N) is 1. The molecule has 3 heterocycles. The number of anilines is 1. The van der Waals surface area contributed by atoms with Crippen molar-refractivity contribution in [2.45, 2.75) is 26.2 Å². The highest BCUT2D eigenvalue weighted by atomic mass is 15.4. The first-order valence-electron chi connectivity index (χ1n) is 10.1. The van der Waals surface area contributed by atoms with Gasteiger partial charge < -0.3 is 20.0 Å². The maximum Gasteiger partial charge on any atom is 0.193 e. The van der Waals surface area contributed by atoms with Crippen molar-refractivity contribution in [1.29, 1.82) is 0 Å². The lowest BCUT2D eigenvalue weighted by Gasteiger charge is -2.37. The number of piperidine rings is 1. The van der Waals surface area contributed by atoms with E-state index in [-0.39, 0.29) is 0 Å². The quantitative estimate of drug-likeness (QED) is 0.643. The molecular weight excluding hydrogens is 324 g/mol. The van der Waals surface area contributed by atoms with Crippen molar-refractivity contribution < 1.29 is 0 Å². The standard InChI is InChI=1S/C20H34N6/c1-3-24-12-8-18(9-13-24)7-11-23-20(21-2)26-16-14-25(15-17-26)19-6-4-5-10-22-19/h4-6,10,18H,3,7-9,11-17H2,1-2H3,(H,21,23). The smallest absolute Gasteiger partial charge is 0.193 e. The molecule has 2 fully saturated rings. The second kappa shape index (κ2) is 9.76. The van der Waals surface area contributed by atoms with E-state index in [9.17, 15) is 0 Å². The lowest BCUT2D eigenvalue weighted by Crippen LogP contribution is -2.53. The predicted molar refractivity (Wildman–Crippen MR) is 109 cm³/mol. The van der Waals surface area contributed by atoms with Crippen molar-refractivity contribution in [1.82, 2.24) is 20.1 Å². The largest absolute Gasteiger partial charge is 0.356 e. The molecule has 0 bridgehead atoms. The number of nitrogens with zero attached hydrogens (tertiary/aromatic N) is 5. The van der Waals surface area contributed by atoms with Gasteiger partial charge in [0, 0.05) is 46.0 Å². The predicted octanol–water partition coefficient (Wildman–Crippen LogP) is 1.90. The van der Waals surface area contributed by atoms with Crippen molar-refractivity contribution in [3.05, 3.63) is 24.4 Å². The molecule has 0 aromatic carbocycles. The molecule has 0 amide bonds. The highest BCUT2D eigenvalue weighted by Gasteiger charge is 2.21. The zero-order valence-corrected chi connectivity index (χ0v) is 16.4. The molecule has 144 valence electrons. The number of pyridine rings is 1. The van der Waals surface area contributed by atoms with Gasteiger partial charge in [-0.3, -0.25) is 4.99 Å². The topological polar surface area (TPSA) is 47.0 Å². The molecule has 3 rings (SSSR count). The Hall–Kier alpha value is -1.82. The molecule has 1 aromatic rings. The summed E-state index contributed by atoms with van der Waals surface area (Å²) >= 11 is 0. The van der Waals surface area contributed by atoms with E-state index in [1.807, 2.05) is 19.3 Å². The number of rotatable bonds is 5. The van der Waals surface area contributed by atoms with Gasteiger partial charge in [0.05, 0.1) is 0 Å². The van der Waals surface area contributed by atoms with Gasteiger partial charge in [0.2, 0.25) is 0 Å². The van der Waals surface area contributed by atoms with Crippen LogP contribution in [0, 0.1) is 5.92 Å². The molecule has 2 saturated heterocycles. The lowest BCUT2D eigenvalue weighted by molar-refractivity contribution is 0.187. The van der Waals surface area contributed by atoms with Gasteiger partial charge in [-0.05, 0) is 56.9 Å². The zero-order chi connectivity index (χ0) is 18.2. The van der Waals surface area contributed by atoms with Gasteiger partial charge in [0.25, 0.3) is 0 Å². The summed E-state index contributed by atoms with van der Waals surface area (Å²) < 4.78 is 0. The van der Waals surface area contributed by atoms with Crippen molar-refractivity contribution in [2.75, 3.05) is 64.3 Å². The van der Waals surface area contributed by atoms with Gasteiger partial charge in [0.1, 0.15) is 5.82 Å². The van der Waals surface area contributed by atoms with Crippen LogP contribution in [0.1, 0.15) is 26.2 Å². The first-order chi connectivity index (χ1) is 12.8. The van der Waals surface area contributed by atoms with Crippen LogP contribution in [0.3, 0.4) is 0 Å². The van der Waals surface area contributed by atoms with Gasteiger partial charge in [-0.15, -0.1) is 0 Å². The Balaban J connectivity index is 1.38. The van der Waals surface area contributed by atoms with Crippen molar-refractivity contribution >= 4 is 11.8 Å². The van der Waals surface area contributed by atoms with Crippen molar-refractivity contribution in [2.24, 2.45) is 10.9 Å². The van der Waals surface area contributed by atoms with Crippen LogP contribution in [0.2, 0.25) is 0 Å². The molecule has 0 atom stereocenters. The van der Waals surface area contributed by atoms with Gasteiger partial charge in [0.15, 0.2) is 5.96 Å². The van der Waals surface area contributed by atoms with Gasteiger partial charge in [-0.25, -0.2) is 4.98 Å². The van der Waals surface area contributed by atoms with E-state index in [0.29, 0.717) is 0 Å². The SMILES string of the molecule is CCN1CCC(CCNC(=NC)N2CCN(c3ccccn3)CC2)CC1. The van der Waals surface area contributed by atoms with Crippen LogP contribution in [-0.4, -0.2) is 80.1 Å². The first kappa shape index (κ1) is 19.0. The van der Waals surface area contributed by atoms with E-state index >= 15 is 0 Å². The molecule has 6 heteroatoms. The maximum absolute atomic E-state index is 4.51. The fraction of sp³-hybridized carbons (Fsp3) is 0.700. The van der Waals surface area contributed by atoms with E-state index in [1.165, 1.54) is 38.9 Å². The molecule has 6 nitrogen and oxygen atoms in total. The molecule has 0 aliphatic carbocycles. The average Bonchev–Trinajstić information content (AvgIpc) is 2.72. The number of piperazine rings is 1. The summed E-state index contributed by atoms with van der Waals surface area (Å²) in [5.41, 5.74) is 0. The summed E-state index contributed by atoms with van der Waals surface area (Å²) in [6.45, 7) is 11.0. The fourth-order valence-corrected chi connectivity index (χ4v) is 4.00. The average molecular weight is 359 g/mol. The summed E-state index contributed by atoms with van der Waals surface area (Å²) in [6, 6.07) is 6.12. The number of hydrogen-bond donors (Lipinski definition) is 1. The van der Waals surface area contributed by atoms with Gasteiger partial charge in [-0.1, -0.05) is 13.0 Å². The van der Waals surface area contributed by atoms with Crippen LogP contribution in [0.15, 0.2) is 29.4 Å². The minimum Gasteiger partial charge on any atom is -0.356 e. The molecule has 26 heavy (non-hydrogen) atoms. The van der Waals surface area contributed by atoms with E-state index in [0.717, 1.165) is 50.4 Å². The third kappa shape index (κ3) is 5.10. The normalized spacial score (nSPS) is 20.5. The highest BCUT2D eigenvalue weighted by Crippen LogP contribution is 2.19. The molecule has 1 N–H and O–H groups in total. The van der Waals surface area contributed by atoms with Crippen LogP contribution < -0.4 is 10.2 Å². The fourth-order valence-electron chi connectivity index (χ4n) is 4.00. The van der Waals surface area contributed by atoms with E-state index in [1.54, 1.807) is 0 Å². The molecule has 0 saturated carbocycles. The van der Waals surface area contributed by atoms with Crippen molar-refractivity contribution in [3.8, 4) is 0 Å². The number of aliphatic imine (C=N–C) groups is 1. The Morgan fingerprint density at radius 2 is 1.92 bits per heavy atom. The molecule has 0 unspecified atom stereocenters. The van der Waals surface area contributed by atoms with Crippen LogP contribution in [0.4, 0.5) is 5.82 Å². The number of aromatic nitrogens is 1. The van der Waals surface area contributed by atoms with E-state index in [2.05, 4.69) is 49.0 Å². The maximum atomic E-state index is 4.51. The molecule has 2 aliphatic rings. The summed E-state index contributed by atoms with van der Waals surface area (Å²) in [5.74, 6) is 2.99. The monoisotopic (exact) mass is 358 g/mol. The second-order valence-electron chi connectivity index (χ2n) is 7.30. The minimum absolute atomic E-state index is 0.865. The molecular formula is C20H34N6. The Bertz CT molecular complexity index is 545. The molecule has 0 spiro atoms. The molecule has 1 aromatic heterocycles. The first-order valence-corrected chi connectivity index (χ1v) is 10.1. The van der Waals surface area contributed by atoms with Gasteiger partial charge >= 0.3 is 0 Å². The lowest BCUT2D eigenvalue weighted by atomic mass is 9.93. The van der Waals surface area contributed by atoms with Crippen LogP contribution >= 0.6 is 0 Å². The summed E-state index contributed by atoms with van der Waals surface area (Å²) in [5, 5.41) is 3.59. The third-order valence-corrected chi connectivity index (χ3v) is 5.75. The minimum atomic E-state index is 0.865. The third-order valence-electron chi connectivity index (χ3n) is 5.75. The zero-order valence-electron chi connectivity index (χ0n) is 16.4.